The van der Waals surface area contributed by atoms with E-state index < -0.39 is 0 Å². The molecular formula is C26H28Cl2N4O2. The summed E-state index contributed by atoms with van der Waals surface area (Å²) in [6.45, 7) is 3.49. The molecule has 2 aromatic carbocycles. The summed E-state index contributed by atoms with van der Waals surface area (Å²) >= 11 is 12.1. The molecule has 3 aromatic rings. The molecule has 1 saturated heterocycles. The number of carbonyl (C=O) groups is 1. The lowest BCUT2D eigenvalue weighted by Crippen LogP contribution is -2.31. The van der Waals surface area contributed by atoms with E-state index in [0.717, 1.165) is 48.5 Å². The zero-order valence-corrected chi connectivity index (χ0v) is 20.6. The van der Waals surface area contributed by atoms with Gasteiger partial charge >= 0.3 is 0 Å². The summed E-state index contributed by atoms with van der Waals surface area (Å²) in [6.07, 6.45) is 5.55. The summed E-state index contributed by atoms with van der Waals surface area (Å²) in [4.78, 5) is 23.6. The highest BCUT2D eigenvalue weighted by atomic mass is 35.5. The second-order valence-electron chi connectivity index (χ2n) is 8.56. The quantitative estimate of drug-likeness (QED) is 0.448. The molecule has 0 saturated carbocycles. The molecule has 4 rings (SSSR count). The standard InChI is InChI=1S/C26H28Cl2N4O2/c1-34-22-5-3-20(4-6-22)21-14-29-25(30-15-21)8-9-26(33)31-13-19-10-11-32(17-19)16-18-2-7-23(27)24(28)12-18/h2-7,12,14-15,19H,8-11,13,16-17H2,1H3,(H,31,33). The number of ether oxygens (including phenoxy) is 1. The van der Waals surface area contributed by atoms with Gasteiger partial charge in [-0.3, -0.25) is 9.69 Å². The van der Waals surface area contributed by atoms with Crippen molar-refractivity contribution in [3.63, 3.8) is 0 Å². The maximum atomic E-state index is 12.3. The number of hydrogen-bond acceptors (Lipinski definition) is 5. The van der Waals surface area contributed by atoms with Crippen molar-refractivity contribution in [2.75, 3.05) is 26.7 Å². The van der Waals surface area contributed by atoms with Crippen molar-refractivity contribution in [1.82, 2.24) is 20.2 Å². The van der Waals surface area contributed by atoms with Crippen molar-refractivity contribution in [3.05, 3.63) is 76.3 Å². The fraction of sp³-hybridized carbons (Fsp3) is 0.346. The van der Waals surface area contributed by atoms with E-state index in [1.807, 2.05) is 42.5 Å². The monoisotopic (exact) mass is 498 g/mol. The highest BCUT2D eigenvalue weighted by Crippen LogP contribution is 2.25. The van der Waals surface area contributed by atoms with Gasteiger partial charge in [-0.15, -0.1) is 0 Å². The molecule has 0 aliphatic carbocycles. The lowest BCUT2D eigenvalue weighted by Gasteiger charge is -2.17. The van der Waals surface area contributed by atoms with E-state index >= 15 is 0 Å². The minimum Gasteiger partial charge on any atom is -0.497 e. The van der Waals surface area contributed by atoms with Crippen LogP contribution in [-0.2, 0) is 17.8 Å². The Balaban J connectivity index is 1.17. The maximum Gasteiger partial charge on any atom is 0.220 e. The molecule has 1 N–H and O–H groups in total. The van der Waals surface area contributed by atoms with Gasteiger partial charge in [0.25, 0.3) is 0 Å². The highest BCUT2D eigenvalue weighted by molar-refractivity contribution is 6.42. The summed E-state index contributed by atoms with van der Waals surface area (Å²) in [7, 11) is 1.64. The third-order valence-electron chi connectivity index (χ3n) is 6.05. The Kier molecular flexibility index (Phi) is 8.38. The van der Waals surface area contributed by atoms with E-state index in [1.165, 1.54) is 0 Å². The number of aryl methyl sites for hydroxylation is 1. The van der Waals surface area contributed by atoms with Gasteiger partial charge in [0.2, 0.25) is 5.91 Å². The lowest BCUT2D eigenvalue weighted by atomic mass is 10.1. The molecule has 34 heavy (non-hydrogen) atoms. The Morgan fingerprint density at radius 1 is 1.09 bits per heavy atom. The summed E-state index contributed by atoms with van der Waals surface area (Å²) in [5.74, 6) is 1.96. The van der Waals surface area contributed by atoms with Crippen molar-refractivity contribution in [2.45, 2.75) is 25.8 Å². The van der Waals surface area contributed by atoms with Crippen LogP contribution in [0, 0.1) is 5.92 Å². The lowest BCUT2D eigenvalue weighted by molar-refractivity contribution is -0.121. The Labute approximate surface area is 210 Å². The number of halogens is 2. The molecule has 1 aliphatic heterocycles. The Hall–Kier alpha value is -2.67. The molecule has 0 bridgehead atoms. The van der Waals surface area contributed by atoms with Gasteiger partial charge in [-0.2, -0.15) is 0 Å². The van der Waals surface area contributed by atoms with Crippen LogP contribution in [0.2, 0.25) is 10.0 Å². The van der Waals surface area contributed by atoms with Crippen molar-refractivity contribution in [1.29, 1.82) is 0 Å². The molecule has 1 fully saturated rings. The molecule has 0 radical (unpaired) electrons. The number of nitrogens with zero attached hydrogens (tertiary/aromatic N) is 3. The van der Waals surface area contributed by atoms with Crippen LogP contribution in [0.25, 0.3) is 11.1 Å². The number of hydrogen-bond donors (Lipinski definition) is 1. The van der Waals surface area contributed by atoms with Gasteiger partial charge in [-0.05, 0) is 54.3 Å². The largest absolute Gasteiger partial charge is 0.497 e. The molecule has 1 aliphatic rings. The number of methoxy groups -OCH3 is 1. The van der Waals surface area contributed by atoms with Crippen LogP contribution in [0.15, 0.2) is 54.9 Å². The fourth-order valence-corrected chi connectivity index (χ4v) is 4.43. The van der Waals surface area contributed by atoms with Crippen LogP contribution in [0.5, 0.6) is 5.75 Å². The third-order valence-corrected chi connectivity index (χ3v) is 6.79. The molecule has 1 unspecified atom stereocenters. The molecule has 0 spiro atoms. The number of carbonyl (C=O) groups excluding carboxylic acids is 1. The van der Waals surface area contributed by atoms with Gasteiger partial charge in [-0.25, -0.2) is 9.97 Å². The smallest absolute Gasteiger partial charge is 0.220 e. The number of aromatic nitrogens is 2. The van der Waals surface area contributed by atoms with E-state index in [1.54, 1.807) is 19.5 Å². The first-order valence-electron chi connectivity index (χ1n) is 11.4. The molecule has 1 aromatic heterocycles. The van der Waals surface area contributed by atoms with E-state index in [4.69, 9.17) is 27.9 Å². The molecule has 178 valence electrons. The van der Waals surface area contributed by atoms with Gasteiger partial charge < -0.3 is 10.1 Å². The first-order chi connectivity index (χ1) is 16.5. The first-order valence-corrected chi connectivity index (χ1v) is 12.1. The average Bonchev–Trinajstić information content (AvgIpc) is 3.31. The molecule has 1 amide bonds. The van der Waals surface area contributed by atoms with Gasteiger partial charge in [-0.1, -0.05) is 41.4 Å². The van der Waals surface area contributed by atoms with Crippen LogP contribution >= 0.6 is 23.2 Å². The number of amides is 1. The van der Waals surface area contributed by atoms with Crippen LogP contribution in [0.4, 0.5) is 0 Å². The molecule has 1 atom stereocenters. The topological polar surface area (TPSA) is 67.3 Å². The van der Waals surface area contributed by atoms with Crippen molar-refractivity contribution in [2.24, 2.45) is 5.92 Å². The van der Waals surface area contributed by atoms with Crippen LogP contribution < -0.4 is 10.1 Å². The predicted octanol–water partition coefficient (Wildman–Crippen LogP) is 5.03. The zero-order valence-electron chi connectivity index (χ0n) is 19.1. The van der Waals surface area contributed by atoms with E-state index in [9.17, 15) is 4.79 Å². The number of benzene rings is 2. The van der Waals surface area contributed by atoms with Crippen LogP contribution in [0.1, 0.15) is 24.2 Å². The van der Waals surface area contributed by atoms with Crippen LogP contribution in [-0.4, -0.2) is 47.5 Å². The molecular weight excluding hydrogens is 471 g/mol. The molecule has 2 heterocycles. The fourth-order valence-electron chi connectivity index (χ4n) is 4.11. The highest BCUT2D eigenvalue weighted by Gasteiger charge is 2.23. The zero-order chi connectivity index (χ0) is 23.9. The second-order valence-corrected chi connectivity index (χ2v) is 9.37. The van der Waals surface area contributed by atoms with Crippen molar-refractivity contribution < 1.29 is 9.53 Å². The summed E-state index contributed by atoms with van der Waals surface area (Å²) in [5.41, 5.74) is 3.11. The minimum atomic E-state index is 0.0331. The normalized spacial score (nSPS) is 15.9. The van der Waals surface area contributed by atoms with Gasteiger partial charge in [0.15, 0.2) is 0 Å². The second kappa shape index (κ2) is 11.6. The summed E-state index contributed by atoms with van der Waals surface area (Å²) in [6, 6.07) is 13.5. The van der Waals surface area contributed by atoms with E-state index in [-0.39, 0.29) is 5.91 Å². The Morgan fingerprint density at radius 2 is 1.85 bits per heavy atom. The van der Waals surface area contributed by atoms with E-state index in [2.05, 4.69) is 20.2 Å². The van der Waals surface area contributed by atoms with Crippen molar-refractivity contribution in [3.8, 4) is 16.9 Å². The number of rotatable bonds is 9. The third kappa shape index (κ3) is 6.69. The predicted molar refractivity (Wildman–Crippen MR) is 135 cm³/mol. The van der Waals surface area contributed by atoms with Crippen molar-refractivity contribution >= 4 is 29.1 Å². The Morgan fingerprint density at radius 3 is 2.56 bits per heavy atom. The number of nitrogens with one attached hydrogen (secondary N) is 1. The maximum absolute atomic E-state index is 12.3. The number of likely N-dealkylation sites (tertiary alicyclic amines) is 1. The van der Waals surface area contributed by atoms with Gasteiger partial charge in [0, 0.05) is 50.4 Å². The van der Waals surface area contributed by atoms with Gasteiger partial charge in [0.1, 0.15) is 11.6 Å². The molecule has 6 nitrogen and oxygen atoms in total. The SMILES string of the molecule is COc1ccc(-c2cnc(CCC(=O)NCC3CCN(Cc4ccc(Cl)c(Cl)c4)C3)nc2)cc1. The summed E-state index contributed by atoms with van der Waals surface area (Å²) < 4.78 is 5.19. The first kappa shape index (κ1) is 24.5. The minimum absolute atomic E-state index is 0.0331. The molecule has 8 heteroatoms. The van der Waals surface area contributed by atoms with Gasteiger partial charge in [0.05, 0.1) is 17.2 Å². The van der Waals surface area contributed by atoms with Crippen LogP contribution in [0.3, 0.4) is 0 Å². The Bertz CT molecular complexity index is 1110. The van der Waals surface area contributed by atoms with E-state index in [0.29, 0.717) is 41.2 Å². The summed E-state index contributed by atoms with van der Waals surface area (Å²) in [5, 5.41) is 4.23. The average molecular weight is 499 g/mol.